The summed E-state index contributed by atoms with van der Waals surface area (Å²) in [6.45, 7) is 3.53. The average Bonchev–Trinajstić information content (AvgIpc) is 2.28. The fourth-order valence-corrected chi connectivity index (χ4v) is 1.34. The van der Waals surface area contributed by atoms with Gasteiger partial charge in [-0.2, -0.15) is 0 Å². The summed E-state index contributed by atoms with van der Waals surface area (Å²) in [7, 11) is 0. The van der Waals surface area contributed by atoms with Crippen LogP contribution in [0.3, 0.4) is 0 Å². The number of nitro groups is 1. The number of nitrogens with zero attached hydrogens (tertiary/aromatic N) is 2. The van der Waals surface area contributed by atoms with Crippen molar-refractivity contribution in [3.63, 3.8) is 0 Å². The van der Waals surface area contributed by atoms with Crippen LogP contribution in [0.5, 0.6) is 0 Å². The molecule has 0 aromatic carbocycles. The van der Waals surface area contributed by atoms with E-state index in [0.29, 0.717) is 18.7 Å². The Kier molecular flexibility index (Phi) is 4.73. The molecule has 1 atom stereocenters. The van der Waals surface area contributed by atoms with Gasteiger partial charge in [0.05, 0.1) is 22.3 Å². The lowest BCUT2D eigenvalue weighted by Crippen LogP contribution is -2.27. The van der Waals surface area contributed by atoms with E-state index in [1.165, 1.54) is 6.07 Å². The van der Waals surface area contributed by atoms with Crippen molar-refractivity contribution < 1.29 is 14.8 Å². The van der Waals surface area contributed by atoms with Crippen LogP contribution in [0.1, 0.15) is 29.4 Å². The zero-order chi connectivity index (χ0) is 13.7. The molecule has 0 radical (unpaired) electrons. The Morgan fingerprint density at radius 2 is 2.33 bits per heavy atom. The van der Waals surface area contributed by atoms with Gasteiger partial charge in [0.2, 0.25) is 0 Å². The quantitative estimate of drug-likeness (QED) is 0.596. The Morgan fingerprint density at radius 3 is 2.89 bits per heavy atom. The highest BCUT2D eigenvalue weighted by atomic mass is 16.6. The van der Waals surface area contributed by atoms with Crippen molar-refractivity contribution in [3.05, 3.63) is 33.6 Å². The van der Waals surface area contributed by atoms with E-state index in [4.69, 9.17) is 5.11 Å². The van der Waals surface area contributed by atoms with Crippen molar-refractivity contribution in [2.24, 2.45) is 0 Å². The molecule has 0 saturated heterocycles. The number of pyridine rings is 1. The number of hydrogen-bond donors (Lipinski definition) is 2. The molecule has 0 saturated carbocycles. The fourth-order valence-electron chi connectivity index (χ4n) is 1.34. The van der Waals surface area contributed by atoms with Crippen molar-refractivity contribution in [3.8, 4) is 0 Å². The summed E-state index contributed by atoms with van der Waals surface area (Å²) in [5.41, 5.74) is 0.381. The van der Waals surface area contributed by atoms with Crippen molar-refractivity contribution in [2.45, 2.75) is 26.4 Å². The zero-order valence-electron chi connectivity index (χ0n) is 10.2. The zero-order valence-corrected chi connectivity index (χ0v) is 10.2. The van der Waals surface area contributed by atoms with E-state index in [1.54, 1.807) is 13.8 Å². The van der Waals surface area contributed by atoms with Crippen molar-refractivity contribution >= 4 is 11.6 Å². The van der Waals surface area contributed by atoms with E-state index in [-0.39, 0.29) is 11.3 Å². The van der Waals surface area contributed by atoms with Gasteiger partial charge in [0.15, 0.2) is 0 Å². The minimum Gasteiger partial charge on any atom is -0.393 e. The van der Waals surface area contributed by atoms with Crippen molar-refractivity contribution in [1.29, 1.82) is 0 Å². The predicted molar refractivity (Wildman–Crippen MR) is 64.3 cm³/mol. The van der Waals surface area contributed by atoms with Crippen molar-refractivity contribution in [1.82, 2.24) is 10.3 Å². The first-order chi connectivity index (χ1) is 8.41. The molecule has 1 aromatic heterocycles. The summed E-state index contributed by atoms with van der Waals surface area (Å²) in [5, 5.41) is 22.2. The van der Waals surface area contributed by atoms with Crippen LogP contribution in [-0.4, -0.2) is 33.6 Å². The molecule has 0 spiro atoms. The Labute approximate surface area is 104 Å². The molecule has 0 aliphatic heterocycles. The van der Waals surface area contributed by atoms with Gasteiger partial charge in [-0.25, -0.2) is 0 Å². The summed E-state index contributed by atoms with van der Waals surface area (Å²) >= 11 is 0. The van der Waals surface area contributed by atoms with Crippen LogP contribution in [0.15, 0.2) is 12.3 Å². The van der Waals surface area contributed by atoms with E-state index >= 15 is 0 Å². The second kappa shape index (κ2) is 6.06. The second-order valence-corrected chi connectivity index (χ2v) is 3.98. The molecule has 1 rings (SSSR count). The third-order valence-corrected chi connectivity index (χ3v) is 2.38. The number of aryl methyl sites for hydroxylation is 1. The van der Waals surface area contributed by atoms with Gasteiger partial charge >= 0.3 is 0 Å². The summed E-state index contributed by atoms with van der Waals surface area (Å²) in [6.07, 6.45) is 1.03. The summed E-state index contributed by atoms with van der Waals surface area (Å²) in [5.74, 6) is -0.427. The van der Waals surface area contributed by atoms with E-state index in [2.05, 4.69) is 10.3 Å². The molecule has 1 amide bonds. The number of aliphatic hydroxyl groups excluding tert-OH is 1. The number of aliphatic hydroxyl groups is 1. The molecule has 1 aromatic rings. The van der Waals surface area contributed by atoms with Crippen LogP contribution in [0.4, 0.5) is 5.69 Å². The monoisotopic (exact) mass is 253 g/mol. The van der Waals surface area contributed by atoms with Crippen LogP contribution in [-0.2, 0) is 0 Å². The molecule has 0 bridgehead atoms. The van der Waals surface area contributed by atoms with Gasteiger partial charge in [-0.1, -0.05) is 0 Å². The number of aromatic nitrogens is 1. The largest absolute Gasteiger partial charge is 0.393 e. The Bertz CT molecular complexity index is 460. The molecular weight excluding hydrogens is 238 g/mol. The third-order valence-electron chi connectivity index (χ3n) is 2.38. The van der Waals surface area contributed by atoms with Gasteiger partial charge < -0.3 is 10.4 Å². The molecule has 2 N–H and O–H groups in total. The Balaban J connectivity index is 2.78. The Morgan fingerprint density at radius 1 is 1.67 bits per heavy atom. The number of carbonyl (C=O) groups is 1. The molecule has 0 aliphatic rings. The number of hydrogen-bond acceptors (Lipinski definition) is 5. The van der Waals surface area contributed by atoms with E-state index in [1.807, 2.05) is 0 Å². The lowest BCUT2D eigenvalue weighted by Gasteiger charge is -2.08. The molecule has 0 fully saturated rings. The molecule has 1 heterocycles. The molecule has 18 heavy (non-hydrogen) atoms. The van der Waals surface area contributed by atoms with Crippen LogP contribution >= 0.6 is 0 Å². The third kappa shape index (κ3) is 3.77. The molecule has 0 aliphatic carbocycles. The lowest BCUT2D eigenvalue weighted by molar-refractivity contribution is -0.385. The first-order valence-corrected chi connectivity index (χ1v) is 5.49. The first-order valence-electron chi connectivity index (χ1n) is 5.49. The van der Waals surface area contributed by atoms with Crippen LogP contribution in [0.25, 0.3) is 0 Å². The maximum atomic E-state index is 11.8. The maximum Gasteiger partial charge on any atom is 0.288 e. The van der Waals surface area contributed by atoms with Gasteiger partial charge in [0, 0.05) is 12.6 Å². The lowest BCUT2D eigenvalue weighted by atomic mass is 10.1. The fraction of sp³-hybridized carbons (Fsp3) is 0.455. The summed E-state index contributed by atoms with van der Waals surface area (Å²) in [4.78, 5) is 25.6. The number of carbonyl (C=O) groups excluding carboxylic acids is 1. The highest BCUT2D eigenvalue weighted by molar-refractivity contribution is 5.95. The smallest absolute Gasteiger partial charge is 0.288 e. The van der Waals surface area contributed by atoms with E-state index < -0.39 is 16.9 Å². The first kappa shape index (κ1) is 14.0. The number of amides is 1. The highest BCUT2D eigenvalue weighted by Crippen LogP contribution is 2.14. The molecule has 7 nitrogen and oxygen atoms in total. The highest BCUT2D eigenvalue weighted by Gasteiger charge is 2.15. The number of rotatable bonds is 5. The second-order valence-electron chi connectivity index (χ2n) is 3.98. The van der Waals surface area contributed by atoms with Gasteiger partial charge in [0.1, 0.15) is 6.20 Å². The molecule has 98 valence electrons. The van der Waals surface area contributed by atoms with E-state index in [9.17, 15) is 14.9 Å². The number of nitrogens with one attached hydrogen (secondary N) is 1. The standard InChI is InChI=1S/C11H15N3O4/c1-7(15)3-4-12-11(16)10-5-9(14(17)18)6-13-8(10)2/h5-7,15H,3-4H2,1-2H3,(H,12,16). The maximum absolute atomic E-state index is 11.8. The van der Waals surface area contributed by atoms with Gasteiger partial charge in [-0.3, -0.25) is 19.9 Å². The average molecular weight is 253 g/mol. The van der Waals surface area contributed by atoms with Gasteiger partial charge in [-0.15, -0.1) is 0 Å². The molecule has 7 heteroatoms. The topological polar surface area (TPSA) is 105 Å². The van der Waals surface area contributed by atoms with Crippen molar-refractivity contribution in [2.75, 3.05) is 6.54 Å². The summed E-state index contributed by atoms with van der Waals surface area (Å²) < 4.78 is 0. The van der Waals surface area contributed by atoms with Crippen LogP contribution < -0.4 is 5.32 Å². The van der Waals surface area contributed by atoms with Gasteiger partial charge in [-0.05, 0) is 20.3 Å². The molecule has 1 unspecified atom stereocenters. The van der Waals surface area contributed by atoms with Gasteiger partial charge in [0.25, 0.3) is 11.6 Å². The normalized spacial score (nSPS) is 11.9. The molecular formula is C11H15N3O4. The van der Waals surface area contributed by atoms with Crippen LogP contribution in [0.2, 0.25) is 0 Å². The Hall–Kier alpha value is -2.02. The van der Waals surface area contributed by atoms with Crippen LogP contribution in [0, 0.1) is 17.0 Å². The minimum atomic E-state index is -0.598. The minimum absolute atomic E-state index is 0.176. The predicted octanol–water partition coefficient (Wildman–Crippen LogP) is 0.799. The summed E-state index contributed by atoms with van der Waals surface area (Å²) in [6, 6.07) is 1.19. The SMILES string of the molecule is Cc1ncc([N+](=O)[O-])cc1C(=O)NCCC(C)O. The van der Waals surface area contributed by atoms with E-state index in [0.717, 1.165) is 6.20 Å².